The fourth-order valence-corrected chi connectivity index (χ4v) is 1.81. The Bertz CT molecular complexity index is 378. The van der Waals surface area contributed by atoms with E-state index >= 15 is 0 Å². The molecule has 1 heterocycles. The van der Waals surface area contributed by atoms with Gasteiger partial charge in [-0.1, -0.05) is 0 Å². The number of aromatic nitrogens is 2. The van der Waals surface area contributed by atoms with Gasteiger partial charge in [0.1, 0.15) is 5.56 Å². The van der Waals surface area contributed by atoms with E-state index in [1.54, 1.807) is 6.20 Å². The Labute approximate surface area is 89.2 Å². The van der Waals surface area contributed by atoms with E-state index in [9.17, 15) is 4.79 Å². The van der Waals surface area contributed by atoms with Crippen LogP contribution in [0.3, 0.4) is 0 Å². The topological polar surface area (TPSA) is 44.1 Å². The van der Waals surface area contributed by atoms with Crippen LogP contribution >= 0.6 is 0 Å². The highest BCUT2D eigenvalue weighted by atomic mass is 16.5. The molecular weight excluding hydrogens is 192 g/mol. The van der Waals surface area contributed by atoms with Gasteiger partial charge in [0.15, 0.2) is 0 Å². The van der Waals surface area contributed by atoms with Crippen LogP contribution in [0.4, 0.5) is 0 Å². The number of methoxy groups -OCH3 is 1. The maximum absolute atomic E-state index is 11.5. The van der Waals surface area contributed by atoms with Crippen LogP contribution < -0.4 is 0 Å². The lowest BCUT2D eigenvalue weighted by atomic mass is 10.1. The van der Waals surface area contributed by atoms with E-state index in [0.29, 0.717) is 17.5 Å². The Morgan fingerprint density at radius 3 is 2.73 bits per heavy atom. The fourth-order valence-electron chi connectivity index (χ4n) is 1.81. The molecule has 1 aliphatic carbocycles. The van der Waals surface area contributed by atoms with E-state index in [4.69, 9.17) is 4.74 Å². The molecule has 1 saturated carbocycles. The van der Waals surface area contributed by atoms with Crippen molar-refractivity contribution in [3.8, 4) is 0 Å². The first-order chi connectivity index (χ1) is 7.15. The summed E-state index contributed by atoms with van der Waals surface area (Å²) in [5.74, 6) is 0.229. The van der Waals surface area contributed by atoms with E-state index in [0.717, 1.165) is 18.5 Å². The first kappa shape index (κ1) is 10.2. The van der Waals surface area contributed by atoms with Gasteiger partial charge in [0, 0.05) is 12.0 Å². The van der Waals surface area contributed by atoms with Crippen molar-refractivity contribution in [3.63, 3.8) is 0 Å². The average Bonchev–Trinajstić information content (AvgIpc) is 2.95. The molecule has 0 unspecified atom stereocenters. The predicted molar refractivity (Wildman–Crippen MR) is 55.9 cm³/mol. The van der Waals surface area contributed by atoms with Crippen molar-refractivity contribution in [3.05, 3.63) is 17.5 Å². The maximum Gasteiger partial charge on any atom is 0.341 e. The van der Waals surface area contributed by atoms with Crippen LogP contribution in [0, 0.1) is 0 Å². The monoisotopic (exact) mass is 208 g/mol. The summed E-state index contributed by atoms with van der Waals surface area (Å²) in [7, 11) is 1.41. The number of ether oxygens (including phenoxy) is 1. The zero-order valence-corrected chi connectivity index (χ0v) is 9.36. The molecule has 1 aromatic heterocycles. The predicted octanol–water partition coefficient (Wildman–Crippen LogP) is 2.13. The lowest BCUT2D eigenvalue weighted by molar-refractivity contribution is 0.0599. The van der Waals surface area contributed by atoms with Crippen molar-refractivity contribution >= 4 is 5.97 Å². The van der Waals surface area contributed by atoms with Gasteiger partial charge >= 0.3 is 5.97 Å². The average molecular weight is 208 g/mol. The van der Waals surface area contributed by atoms with Crippen molar-refractivity contribution in [1.82, 2.24) is 9.78 Å². The maximum atomic E-state index is 11.5. The van der Waals surface area contributed by atoms with E-state index in [1.165, 1.54) is 7.11 Å². The Morgan fingerprint density at radius 1 is 1.60 bits per heavy atom. The minimum atomic E-state index is -0.274. The lowest BCUT2D eigenvalue weighted by Crippen LogP contribution is -2.10. The molecule has 4 heteroatoms. The van der Waals surface area contributed by atoms with Crippen molar-refractivity contribution in [2.75, 3.05) is 7.11 Å². The van der Waals surface area contributed by atoms with Gasteiger partial charge in [-0.25, -0.2) is 4.79 Å². The summed E-state index contributed by atoms with van der Waals surface area (Å²) in [6.07, 6.45) is 3.93. The molecule has 0 spiro atoms. The molecule has 0 radical (unpaired) electrons. The van der Waals surface area contributed by atoms with Crippen molar-refractivity contribution < 1.29 is 9.53 Å². The van der Waals surface area contributed by atoms with E-state index in [-0.39, 0.29) is 5.97 Å². The summed E-state index contributed by atoms with van der Waals surface area (Å²) in [6, 6.07) is 0.291. The lowest BCUT2D eigenvalue weighted by Gasteiger charge is -2.11. The van der Waals surface area contributed by atoms with Crippen LogP contribution in [0.2, 0.25) is 0 Å². The fraction of sp³-hybridized carbons (Fsp3) is 0.636. The molecule has 4 nitrogen and oxygen atoms in total. The van der Waals surface area contributed by atoms with Crippen LogP contribution in [0.15, 0.2) is 6.20 Å². The van der Waals surface area contributed by atoms with Crippen LogP contribution in [-0.4, -0.2) is 22.9 Å². The minimum absolute atomic E-state index is 0.274. The number of rotatable bonds is 3. The molecular formula is C11H16N2O2. The van der Waals surface area contributed by atoms with Gasteiger partial charge < -0.3 is 4.74 Å². The molecule has 0 atom stereocenters. The summed E-state index contributed by atoms with van der Waals surface area (Å²) < 4.78 is 6.69. The van der Waals surface area contributed by atoms with Crippen molar-refractivity contribution in [1.29, 1.82) is 0 Å². The van der Waals surface area contributed by atoms with E-state index in [2.05, 4.69) is 18.9 Å². The van der Waals surface area contributed by atoms with Crippen molar-refractivity contribution in [2.24, 2.45) is 0 Å². The Balaban J connectivity index is 2.42. The van der Waals surface area contributed by atoms with Gasteiger partial charge in [-0.3, -0.25) is 4.68 Å². The first-order valence-electron chi connectivity index (χ1n) is 5.31. The molecule has 0 aliphatic heterocycles. The van der Waals surface area contributed by atoms with Gasteiger partial charge in [-0.15, -0.1) is 0 Å². The second kappa shape index (κ2) is 3.68. The molecule has 82 valence electrons. The summed E-state index contributed by atoms with van der Waals surface area (Å²) >= 11 is 0. The Hall–Kier alpha value is -1.32. The third-order valence-electron chi connectivity index (χ3n) is 2.69. The zero-order chi connectivity index (χ0) is 11.0. The third-order valence-corrected chi connectivity index (χ3v) is 2.69. The number of carbonyl (C=O) groups is 1. The number of hydrogen-bond donors (Lipinski definition) is 0. The van der Waals surface area contributed by atoms with Gasteiger partial charge in [0.25, 0.3) is 0 Å². The second-order valence-corrected chi connectivity index (χ2v) is 4.25. The zero-order valence-electron chi connectivity index (χ0n) is 9.36. The Morgan fingerprint density at radius 2 is 2.27 bits per heavy atom. The first-order valence-corrected chi connectivity index (χ1v) is 5.31. The number of esters is 1. The smallest absolute Gasteiger partial charge is 0.341 e. The number of nitrogens with zero attached hydrogens (tertiary/aromatic N) is 2. The summed E-state index contributed by atoms with van der Waals surface area (Å²) in [5, 5.41) is 4.26. The molecule has 0 amide bonds. The van der Waals surface area contributed by atoms with Crippen LogP contribution in [0.25, 0.3) is 0 Å². The SMILES string of the molecule is COC(=O)c1cnn(C(C)C)c1C1CC1. The largest absolute Gasteiger partial charge is 0.465 e. The van der Waals surface area contributed by atoms with Gasteiger partial charge in [-0.2, -0.15) is 5.10 Å². The molecule has 1 aliphatic rings. The normalized spacial score (nSPS) is 15.7. The highest BCUT2D eigenvalue weighted by Crippen LogP contribution is 2.42. The summed E-state index contributed by atoms with van der Waals surface area (Å²) in [6.45, 7) is 4.14. The summed E-state index contributed by atoms with van der Waals surface area (Å²) in [5.41, 5.74) is 1.69. The summed E-state index contributed by atoms with van der Waals surface area (Å²) in [4.78, 5) is 11.5. The van der Waals surface area contributed by atoms with Gasteiger partial charge in [0.2, 0.25) is 0 Å². The van der Waals surface area contributed by atoms with E-state index < -0.39 is 0 Å². The van der Waals surface area contributed by atoms with Crippen molar-refractivity contribution in [2.45, 2.75) is 38.6 Å². The number of hydrogen-bond acceptors (Lipinski definition) is 3. The quantitative estimate of drug-likeness (QED) is 0.715. The van der Waals surface area contributed by atoms with E-state index in [1.807, 2.05) is 4.68 Å². The Kier molecular flexibility index (Phi) is 2.50. The minimum Gasteiger partial charge on any atom is -0.465 e. The molecule has 1 aromatic rings. The van der Waals surface area contributed by atoms with Crippen LogP contribution in [0.1, 0.15) is 54.7 Å². The molecule has 15 heavy (non-hydrogen) atoms. The highest BCUT2D eigenvalue weighted by Gasteiger charge is 2.33. The third kappa shape index (κ3) is 1.76. The molecule has 0 bridgehead atoms. The highest BCUT2D eigenvalue weighted by molar-refractivity contribution is 5.90. The van der Waals surface area contributed by atoms with Gasteiger partial charge in [-0.05, 0) is 26.7 Å². The second-order valence-electron chi connectivity index (χ2n) is 4.25. The molecule has 2 rings (SSSR count). The van der Waals surface area contributed by atoms with Crippen LogP contribution in [-0.2, 0) is 4.74 Å². The molecule has 1 fully saturated rings. The van der Waals surface area contributed by atoms with Gasteiger partial charge in [0.05, 0.1) is 19.0 Å². The molecule has 0 saturated heterocycles. The molecule has 0 N–H and O–H groups in total. The van der Waals surface area contributed by atoms with Crippen LogP contribution in [0.5, 0.6) is 0 Å². The molecule has 0 aromatic carbocycles. The number of carbonyl (C=O) groups excluding carboxylic acids is 1. The standard InChI is InChI=1S/C11H16N2O2/c1-7(2)13-10(8-4-5-8)9(6-12-13)11(14)15-3/h6-8H,4-5H2,1-3H3.